The monoisotopic (exact) mass is 458 g/mol. The maximum Gasteiger partial charge on any atom is 0.221 e. The lowest BCUT2D eigenvalue weighted by Crippen LogP contribution is -2.57. The van der Waals surface area contributed by atoms with Gasteiger partial charge in [0.05, 0.1) is 6.54 Å². The van der Waals surface area contributed by atoms with Crippen LogP contribution in [0.1, 0.15) is 11.1 Å². The molecule has 33 heavy (non-hydrogen) atoms. The van der Waals surface area contributed by atoms with Gasteiger partial charge in [-0.25, -0.2) is 4.99 Å². The lowest BCUT2D eigenvalue weighted by Gasteiger charge is -2.22. The van der Waals surface area contributed by atoms with Crippen LogP contribution in [-0.4, -0.2) is 56.3 Å². The summed E-state index contributed by atoms with van der Waals surface area (Å²) < 4.78 is 0. The molecule has 0 unspecified atom stereocenters. The smallest absolute Gasteiger partial charge is 0.221 e. The van der Waals surface area contributed by atoms with Crippen LogP contribution in [0.2, 0.25) is 0 Å². The summed E-state index contributed by atoms with van der Waals surface area (Å²) in [7, 11) is 1.47. The number of nitrogens with zero attached hydrogens (tertiary/aromatic N) is 4. The molecule has 0 saturated carbocycles. The van der Waals surface area contributed by atoms with Gasteiger partial charge in [0.2, 0.25) is 23.8 Å². The van der Waals surface area contributed by atoms with Crippen LogP contribution >= 0.6 is 0 Å². The van der Waals surface area contributed by atoms with E-state index in [2.05, 4.69) is 25.7 Å². The van der Waals surface area contributed by atoms with E-state index in [1.807, 2.05) is 0 Å². The summed E-state index contributed by atoms with van der Waals surface area (Å²) in [4.78, 5) is 12.1. The molecule has 2 aromatic carbocycles. The van der Waals surface area contributed by atoms with Crippen molar-refractivity contribution in [2.75, 3.05) is 7.05 Å². The molecular formula is C19H26N10O4. The highest BCUT2D eigenvalue weighted by Crippen LogP contribution is 2.25. The predicted molar refractivity (Wildman–Crippen MR) is 124 cm³/mol. The molecule has 14 nitrogen and oxygen atoms in total. The molecule has 2 rings (SSSR count). The molecule has 0 atom stereocenters. The fraction of sp³-hybridized carbons (Fsp3) is 0.158. The second-order valence-electron chi connectivity index (χ2n) is 6.55. The number of nitrogens with one attached hydrogen (secondary N) is 3. The number of rotatable bonds is 4. The highest BCUT2D eigenvalue weighted by atomic mass is 16.3. The van der Waals surface area contributed by atoms with Crippen molar-refractivity contribution < 1.29 is 20.4 Å². The normalized spacial score (nSPS) is 12.3. The molecule has 13 N–H and O–H groups in total. The molecule has 0 aromatic heterocycles. The first-order valence-electron chi connectivity index (χ1n) is 9.38. The highest BCUT2D eigenvalue weighted by Gasteiger charge is 2.13. The van der Waals surface area contributed by atoms with Crippen LogP contribution in [0.15, 0.2) is 51.4 Å². The van der Waals surface area contributed by atoms with Crippen LogP contribution in [0.25, 0.3) is 0 Å². The molecule has 0 aliphatic heterocycles. The molecule has 0 fully saturated rings. The largest absolute Gasteiger partial charge is 0.504 e. The second kappa shape index (κ2) is 10.9. The number of phenols is 4. The van der Waals surface area contributed by atoms with E-state index < -0.39 is 5.96 Å². The average molecular weight is 458 g/mol. The minimum atomic E-state index is -0.523. The average Bonchev–Trinajstić information content (AvgIpc) is 2.77. The van der Waals surface area contributed by atoms with Gasteiger partial charge in [-0.2, -0.15) is 10.0 Å². The molecule has 0 saturated heterocycles. The van der Waals surface area contributed by atoms with Crippen LogP contribution in [0.3, 0.4) is 0 Å². The van der Waals surface area contributed by atoms with Crippen molar-refractivity contribution in [2.45, 2.75) is 13.1 Å². The standard InChI is InChI=1S/C19H26N10O4/c1-24-19(26-9-11-3-5-13(31)15(33)7-11)27-17(22)28-29(16(20)21)18(23)25-8-10-2-4-12(30)14(32)6-10/h2-7,30-33H,8-9H2,1H3,(H3,20,21)(H2,23,25)(H4,22,24,26,27,28). The minimum absolute atomic E-state index is 0.0187. The number of guanidine groups is 4. The molecule has 2 aromatic rings. The number of benzene rings is 2. The summed E-state index contributed by atoms with van der Waals surface area (Å²) in [5.74, 6) is -1.90. The molecule has 0 amide bonds. The molecule has 0 heterocycles. The van der Waals surface area contributed by atoms with Crippen molar-refractivity contribution in [1.29, 1.82) is 5.41 Å². The van der Waals surface area contributed by atoms with Gasteiger partial charge in [0, 0.05) is 13.6 Å². The Kier molecular flexibility index (Phi) is 8.09. The molecule has 0 radical (unpaired) electrons. The second-order valence-corrected chi connectivity index (χ2v) is 6.55. The van der Waals surface area contributed by atoms with E-state index in [1.165, 1.54) is 37.4 Å². The molecule has 0 aliphatic carbocycles. The van der Waals surface area contributed by atoms with Gasteiger partial charge in [-0.15, -0.1) is 0 Å². The van der Waals surface area contributed by atoms with E-state index in [0.717, 1.165) is 5.01 Å². The number of hydrogen-bond donors (Lipinski definition) is 10. The first kappa shape index (κ1) is 24.4. The van der Waals surface area contributed by atoms with E-state index >= 15 is 0 Å². The molecular weight excluding hydrogens is 432 g/mol. The Morgan fingerprint density at radius 1 is 0.939 bits per heavy atom. The highest BCUT2D eigenvalue weighted by molar-refractivity contribution is 6.00. The fourth-order valence-corrected chi connectivity index (χ4v) is 2.43. The van der Waals surface area contributed by atoms with Crippen LogP contribution in [-0.2, 0) is 13.1 Å². The third-order valence-corrected chi connectivity index (χ3v) is 4.09. The number of hydrazine groups is 1. The van der Waals surface area contributed by atoms with Crippen molar-refractivity contribution in [1.82, 2.24) is 15.8 Å². The topological polar surface area (TPSA) is 247 Å². The Hall–Kier alpha value is -4.88. The predicted octanol–water partition coefficient (Wildman–Crippen LogP) is -0.886. The maximum atomic E-state index is 9.56. The Labute approximate surface area is 188 Å². The molecule has 0 bridgehead atoms. The Morgan fingerprint density at radius 2 is 1.52 bits per heavy atom. The lowest BCUT2D eigenvalue weighted by molar-refractivity contribution is 0.403. The molecule has 0 spiro atoms. The van der Waals surface area contributed by atoms with Crippen molar-refractivity contribution in [2.24, 2.45) is 32.2 Å². The van der Waals surface area contributed by atoms with Crippen LogP contribution in [0.5, 0.6) is 23.0 Å². The first-order chi connectivity index (χ1) is 15.6. The Bertz CT molecular complexity index is 1100. The van der Waals surface area contributed by atoms with Crippen LogP contribution < -0.4 is 27.9 Å². The zero-order chi connectivity index (χ0) is 24.5. The lowest BCUT2D eigenvalue weighted by atomic mass is 10.2. The molecule has 0 aliphatic rings. The van der Waals surface area contributed by atoms with Crippen molar-refractivity contribution in [3.63, 3.8) is 0 Å². The number of aliphatic imine (C=N–C) groups is 3. The van der Waals surface area contributed by atoms with Crippen molar-refractivity contribution in [3.8, 4) is 23.0 Å². The summed E-state index contributed by atoms with van der Waals surface area (Å²) in [6, 6.07) is 8.49. The number of hydrogen-bond acceptors (Lipinski definition) is 7. The third-order valence-electron chi connectivity index (χ3n) is 4.09. The van der Waals surface area contributed by atoms with Crippen LogP contribution in [0, 0.1) is 5.41 Å². The van der Waals surface area contributed by atoms with E-state index in [4.69, 9.17) is 22.6 Å². The van der Waals surface area contributed by atoms with Gasteiger partial charge in [0.25, 0.3) is 0 Å². The van der Waals surface area contributed by atoms with Crippen molar-refractivity contribution in [3.05, 3.63) is 47.5 Å². The summed E-state index contributed by atoms with van der Waals surface area (Å²) in [5, 5.41) is 49.3. The van der Waals surface area contributed by atoms with Gasteiger partial charge >= 0.3 is 0 Å². The number of nitrogens with two attached hydrogens (primary N) is 3. The summed E-state index contributed by atoms with van der Waals surface area (Å²) in [6.07, 6.45) is 0. The van der Waals surface area contributed by atoms with Crippen LogP contribution in [0.4, 0.5) is 0 Å². The van der Waals surface area contributed by atoms with Gasteiger partial charge in [-0.05, 0) is 35.4 Å². The van der Waals surface area contributed by atoms with E-state index in [0.29, 0.717) is 11.1 Å². The van der Waals surface area contributed by atoms with Gasteiger partial charge in [-0.1, -0.05) is 12.1 Å². The maximum absolute atomic E-state index is 9.56. The van der Waals surface area contributed by atoms with Gasteiger partial charge < -0.3 is 42.9 Å². The van der Waals surface area contributed by atoms with Crippen molar-refractivity contribution >= 4 is 23.8 Å². The van der Waals surface area contributed by atoms with E-state index in [1.54, 1.807) is 6.07 Å². The molecule has 176 valence electrons. The first-order valence-corrected chi connectivity index (χ1v) is 9.38. The van der Waals surface area contributed by atoms with Gasteiger partial charge in [0.1, 0.15) is 0 Å². The minimum Gasteiger partial charge on any atom is -0.504 e. The zero-order valence-corrected chi connectivity index (χ0v) is 17.7. The number of aromatic hydroxyl groups is 4. The van der Waals surface area contributed by atoms with E-state index in [-0.39, 0.29) is 54.0 Å². The van der Waals surface area contributed by atoms with Gasteiger partial charge in [-0.3, -0.25) is 15.8 Å². The zero-order valence-electron chi connectivity index (χ0n) is 17.7. The SMILES string of the molecule is CN=C(N=C(N)NN(C(=N)N)C(N)=NCc1ccc(O)c(O)c1)NCc1ccc(O)c(O)c1. The van der Waals surface area contributed by atoms with E-state index in [9.17, 15) is 20.4 Å². The Balaban J connectivity index is 2.05. The summed E-state index contributed by atoms with van der Waals surface area (Å²) in [6.45, 7) is 0.238. The van der Waals surface area contributed by atoms with Gasteiger partial charge in [0.15, 0.2) is 23.0 Å². The number of phenolic OH excluding ortho intramolecular Hbond substituents is 4. The summed E-state index contributed by atoms with van der Waals surface area (Å²) in [5.41, 5.74) is 21.0. The Morgan fingerprint density at radius 3 is 2.06 bits per heavy atom. The third kappa shape index (κ3) is 7.09. The molecule has 14 heteroatoms. The summed E-state index contributed by atoms with van der Waals surface area (Å²) >= 11 is 0. The quantitative estimate of drug-likeness (QED) is 0.117. The fourth-order valence-electron chi connectivity index (χ4n) is 2.43.